The lowest BCUT2D eigenvalue weighted by Crippen LogP contribution is -1.99. The van der Waals surface area contributed by atoms with E-state index in [0.717, 1.165) is 45.0 Å². The third-order valence-corrected chi connectivity index (χ3v) is 6.95. The van der Waals surface area contributed by atoms with Crippen molar-refractivity contribution in [3.63, 3.8) is 0 Å². The lowest BCUT2D eigenvalue weighted by Gasteiger charge is -2.13. The van der Waals surface area contributed by atoms with Crippen molar-refractivity contribution < 1.29 is 4.74 Å². The van der Waals surface area contributed by atoms with Gasteiger partial charge in [0, 0.05) is 33.8 Å². The number of hydrogen-bond acceptors (Lipinski definition) is 8. The fourth-order valence-electron chi connectivity index (χ4n) is 3.58. The molecule has 0 aliphatic heterocycles. The molecule has 156 valence electrons. The summed E-state index contributed by atoms with van der Waals surface area (Å²) >= 11 is 3.15. The van der Waals surface area contributed by atoms with Crippen LogP contribution < -0.4 is 10.1 Å². The topological polar surface area (TPSA) is 72.8 Å². The minimum Gasteiger partial charge on any atom is -0.453 e. The molecule has 0 fully saturated rings. The molecule has 1 atom stereocenters. The molecule has 5 rings (SSSR count). The molecule has 0 amide bonds. The van der Waals surface area contributed by atoms with Gasteiger partial charge in [0.1, 0.15) is 17.1 Å². The van der Waals surface area contributed by atoms with E-state index in [1.807, 2.05) is 54.9 Å². The van der Waals surface area contributed by atoms with Crippen molar-refractivity contribution in [3.8, 4) is 11.5 Å². The zero-order valence-corrected chi connectivity index (χ0v) is 18.8. The van der Waals surface area contributed by atoms with E-state index < -0.39 is 0 Å². The Morgan fingerprint density at radius 1 is 1.16 bits per heavy atom. The number of fused-ring (bicyclic) bond motifs is 1. The molecule has 0 unspecified atom stereocenters. The number of aromatic nitrogens is 4. The first-order valence-corrected chi connectivity index (χ1v) is 11.8. The summed E-state index contributed by atoms with van der Waals surface area (Å²) in [5.41, 5.74) is 3.39. The standard InChI is InChI=1S/C23H21N5OS2/c1-14-8-9-18-20(14)22(26-13-25-18)31-17-10-19(29-16-6-4-3-5-7-16)21(24-11-17)28-23-27-15(2)12-30-23/h3-7,10-14H,8-9H2,1-2H3,(H,24,27,28)/t14-/m1/s1. The molecule has 1 N–H and O–H groups in total. The summed E-state index contributed by atoms with van der Waals surface area (Å²) in [6.07, 6.45) is 5.65. The number of thiazole rings is 1. The second kappa shape index (κ2) is 8.64. The summed E-state index contributed by atoms with van der Waals surface area (Å²) in [7, 11) is 0. The largest absolute Gasteiger partial charge is 0.453 e. The molecule has 0 spiro atoms. The highest BCUT2D eigenvalue weighted by Gasteiger charge is 2.24. The monoisotopic (exact) mass is 447 g/mol. The molecule has 1 aromatic carbocycles. The Morgan fingerprint density at radius 3 is 2.84 bits per heavy atom. The van der Waals surface area contributed by atoms with Crippen LogP contribution in [0.5, 0.6) is 11.5 Å². The predicted octanol–water partition coefficient (Wildman–Crippen LogP) is 6.37. The van der Waals surface area contributed by atoms with Gasteiger partial charge in [0.15, 0.2) is 16.7 Å². The van der Waals surface area contributed by atoms with Crippen molar-refractivity contribution in [2.75, 3.05) is 5.32 Å². The van der Waals surface area contributed by atoms with Gasteiger partial charge in [-0.15, -0.1) is 11.3 Å². The van der Waals surface area contributed by atoms with Gasteiger partial charge in [0.2, 0.25) is 0 Å². The fourth-order valence-corrected chi connectivity index (χ4v) is 5.29. The second-order valence-corrected chi connectivity index (χ2v) is 9.35. The van der Waals surface area contributed by atoms with Gasteiger partial charge in [0.25, 0.3) is 0 Å². The molecule has 3 heterocycles. The van der Waals surface area contributed by atoms with Crippen molar-refractivity contribution in [1.82, 2.24) is 19.9 Å². The van der Waals surface area contributed by atoms with Gasteiger partial charge in [-0.05, 0) is 37.8 Å². The minimum atomic E-state index is 0.473. The summed E-state index contributed by atoms with van der Waals surface area (Å²) in [5, 5.41) is 7.07. The number of hydrogen-bond donors (Lipinski definition) is 1. The van der Waals surface area contributed by atoms with Crippen LogP contribution >= 0.6 is 23.1 Å². The average molecular weight is 448 g/mol. The second-order valence-electron chi connectivity index (χ2n) is 7.43. The highest BCUT2D eigenvalue weighted by Crippen LogP contribution is 2.41. The average Bonchev–Trinajstić information content (AvgIpc) is 3.36. The van der Waals surface area contributed by atoms with E-state index in [0.29, 0.717) is 17.5 Å². The smallest absolute Gasteiger partial charge is 0.188 e. The molecule has 6 nitrogen and oxygen atoms in total. The van der Waals surface area contributed by atoms with Crippen molar-refractivity contribution in [2.24, 2.45) is 0 Å². The zero-order valence-electron chi connectivity index (χ0n) is 17.2. The third kappa shape index (κ3) is 4.40. The number of pyridine rings is 1. The molecule has 31 heavy (non-hydrogen) atoms. The maximum Gasteiger partial charge on any atom is 0.188 e. The van der Waals surface area contributed by atoms with Gasteiger partial charge in [-0.1, -0.05) is 36.9 Å². The van der Waals surface area contributed by atoms with E-state index in [1.165, 1.54) is 16.9 Å². The van der Waals surface area contributed by atoms with E-state index >= 15 is 0 Å². The van der Waals surface area contributed by atoms with Crippen LogP contribution in [0, 0.1) is 6.92 Å². The number of aryl methyl sites for hydroxylation is 2. The number of nitrogens with one attached hydrogen (secondary N) is 1. The summed E-state index contributed by atoms with van der Waals surface area (Å²) in [6.45, 7) is 4.21. The van der Waals surface area contributed by atoms with E-state index in [4.69, 9.17) is 4.74 Å². The molecule has 3 aromatic heterocycles. The SMILES string of the molecule is Cc1csc(Nc2ncc(Sc3ncnc4c3[C@H](C)CC4)cc2Oc2ccccc2)n1. The zero-order chi connectivity index (χ0) is 21.2. The van der Waals surface area contributed by atoms with Crippen molar-refractivity contribution >= 4 is 34.0 Å². The molecule has 0 saturated heterocycles. The molecule has 1 aliphatic carbocycles. The summed E-state index contributed by atoms with van der Waals surface area (Å²) in [5.74, 6) is 2.49. The van der Waals surface area contributed by atoms with Crippen LogP contribution in [0.15, 0.2) is 64.2 Å². The number of ether oxygens (including phenoxy) is 1. The van der Waals surface area contributed by atoms with Crippen LogP contribution in [0.4, 0.5) is 10.9 Å². The van der Waals surface area contributed by atoms with Gasteiger partial charge in [-0.2, -0.15) is 0 Å². The number of rotatable bonds is 6. The Kier molecular flexibility index (Phi) is 5.57. The first kappa shape index (κ1) is 20.0. The van der Waals surface area contributed by atoms with E-state index in [9.17, 15) is 0 Å². The molecule has 0 bridgehead atoms. The van der Waals surface area contributed by atoms with Gasteiger partial charge in [-0.25, -0.2) is 19.9 Å². The molecule has 1 aliphatic rings. The molecule has 0 saturated carbocycles. The Hall–Kier alpha value is -2.97. The maximum atomic E-state index is 6.19. The Balaban J connectivity index is 1.48. The minimum absolute atomic E-state index is 0.473. The van der Waals surface area contributed by atoms with Gasteiger partial charge in [-0.3, -0.25) is 0 Å². The third-order valence-electron chi connectivity index (χ3n) is 5.09. The lowest BCUT2D eigenvalue weighted by molar-refractivity contribution is 0.481. The Morgan fingerprint density at radius 2 is 2.03 bits per heavy atom. The van der Waals surface area contributed by atoms with Gasteiger partial charge < -0.3 is 10.1 Å². The first-order chi connectivity index (χ1) is 15.2. The Labute approximate surface area is 189 Å². The molecular weight excluding hydrogens is 426 g/mol. The lowest BCUT2D eigenvalue weighted by atomic mass is 10.1. The predicted molar refractivity (Wildman–Crippen MR) is 124 cm³/mol. The van der Waals surface area contributed by atoms with Crippen LogP contribution in [0.2, 0.25) is 0 Å². The molecular formula is C23H21N5OS2. The number of para-hydroxylation sites is 1. The number of nitrogens with zero attached hydrogens (tertiary/aromatic N) is 4. The van der Waals surface area contributed by atoms with Crippen LogP contribution in [0.1, 0.15) is 36.2 Å². The molecule has 4 aromatic rings. The van der Waals surface area contributed by atoms with Crippen LogP contribution in [0.25, 0.3) is 0 Å². The highest BCUT2D eigenvalue weighted by molar-refractivity contribution is 7.99. The fraction of sp³-hybridized carbons (Fsp3) is 0.217. The van der Waals surface area contributed by atoms with Crippen LogP contribution in [-0.2, 0) is 6.42 Å². The molecule has 0 radical (unpaired) electrons. The van der Waals surface area contributed by atoms with Crippen molar-refractivity contribution in [1.29, 1.82) is 0 Å². The first-order valence-electron chi connectivity index (χ1n) is 10.1. The Bertz CT molecular complexity index is 1210. The number of anilines is 2. The van der Waals surface area contributed by atoms with Crippen LogP contribution in [0.3, 0.4) is 0 Å². The van der Waals surface area contributed by atoms with E-state index in [1.54, 1.807) is 18.1 Å². The van der Waals surface area contributed by atoms with Gasteiger partial charge in [0.05, 0.1) is 5.69 Å². The van der Waals surface area contributed by atoms with Gasteiger partial charge >= 0.3 is 0 Å². The summed E-state index contributed by atoms with van der Waals surface area (Å²) < 4.78 is 6.19. The van der Waals surface area contributed by atoms with Crippen LogP contribution in [-0.4, -0.2) is 19.9 Å². The maximum absolute atomic E-state index is 6.19. The normalized spacial score (nSPS) is 15.0. The quantitative estimate of drug-likeness (QED) is 0.344. The van der Waals surface area contributed by atoms with Crippen molar-refractivity contribution in [3.05, 3.63) is 71.3 Å². The van der Waals surface area contributed by atoms with E-state index in [2.05, 4.69) is 32.2 Å². The number of benzene rings is 1. The summed E-state index contributed by atoms with van der Waals surface area (Å²) in [6, 6.07) is 11.7. The highest BCUT2D eigenvalue weighted by atomic mass is 32.2. The summed E-state index contributed by atoms with van der Waals surface area (Å²) in [4.78, 5) is 19.1. The van der Waals surface area contributed by atoms with E-state index in [-0.39, 0.29) is 0 Å². The molecule has 8 heteroatoms. The van der Waals surface area contributed by atoms with Crippen molar-refractivity contribution in [2.45, 2.75) is 42.5 Å².